The van der Waals surface area contributed by atoms with E-state index in [1.54, 1.807) is 0 Å². The van der Waals surface area contributed by atoms with E-state index in [0.717, 1.165) is 47.4 Å². The molecule has 2 N–H and O–H groups in total. The molecule has 5 heteroatoms. The van der Waals surface area contributed by atoms with Crippen LogP contribution in [0.4, 0.5) is 0 Å². The first-order valence-electron chi connectivity index (χ1n) is 9.08. The van der Waals surface area contributed by atoms with Crippen molar-refractivity contribution < 1.29 is 9.90 Å². The fourth-order valence-electron chi connectivity index (χ4n) is 3.69. The third-order valence-electron chi connectivity index (χ3n) is 5.11. The molecule has 1 atom stereocenters. The number of imidazole rings is 1. The minimum Gasteiger partial charge on any atom is -0.392 e. The van der Waals surface area contributed by atoms with Crippen LogP contribution in [0.25, 0.3) is 11.0 Å². The largest absolute Gasteiger partial charge is 0.392 e. The number of aliphatic hydroxyl groups excluding tert-OH is 1. The molecule has 0 radical (unpaired) electrons. The Labute approximate surface area is 152 Å². The van der Waals surface area contributed by atoms with Gasteiger partial charge in [0.25, 0.3) is 0 Å². The fourth-order valence-corrected chi connectivity index (χ4v) is 3.69. The van der Waals surface area contributed by atoms with Crippen molar-refractivity contribution in [3.05, 3.63) is 65.0 Å². The summed E-state index contributed by atoms with van der Waals surface area (Å²) in [5.74, 6) is 1.01. The Morgan fingerprint density at radius 3 is 2.77 bits per heavy atom. The van der Waals surface area contributed by atoms with Crippen molar-refractivity contribution in [1.29, 1.82) is 0 Å². The number of likely N-dealkylation sites (tertiary alicyclic amines) is 1. The van der Waals surface area contributed by atoms with Crippen LogP contribution in [0, 0.1) is 6.92 Å². The molecule has 1 amide bonds. The molecule has 0 unspecified atom stereocenters. The van der Waals surface area contributed by atoms with E-state index in [-0.39, 0.29) is 18.6 Å². The number of aromatic amines is 1. The maximum Gasteiger partial charge on any atom is 0.227 e. The van der Waals surface area contributed by atoms with Crippen LogP contribution < -0.4 is 0 Å². The lowest BCUT2D eigenvalue weighted by Crippen LogP contribution is -2.32. The Morgan fingerprint density at radius 1 is 1.23 bits per heavy atom. The molecule has 1 aromatic heterocycles. The number of nitrogens with one attached hydrogen (secondary N) is 1. The van der Waals surface area contributed by atoms with Crippen LogP contribution >= 0.6 is 0 Å². The van der Waals surface area contributed by atoms with E-state index in [0.29, 0.717) is 6.42 Å². The highest BCUT2D eigenvalue weighted by molar-refractivity contribution is 5.80. The molecule has 0 saturated carbocycles. The van der Waals surface area contributed by atoms with Gasteiger partial charge in [-0.15, -0.1) is 0 Å². The van der Waals surface area contributed by atoms with Crippen molar-refractivity contribution in [2.75, 3.05) is 6.54 Å². The summed E-state index contributed by atoms with van der Waals surface area (Å²) in [5, 5.41) is 9.14. The number of hydrogen-bond acceptors (Lipinski definition) is 3. The Hall–Kier alpha value is -2.66. The second kappa shape index (κ2) is 6.92. The molecule has 1 saturated heterocycles. The van der Waals surface area contributed by atoms with Gasteiger partial charge in [0.2, 0.25) is 5.91 Å². The molecule has 1 aliphatic heterocycles. The van der Waals surface area contributed by atoms with Gasteiger partial charge in [0.05, 0.1) is 30.1 Å². The van der Waals surface area contributed by atoms with E-state index in [1.807, 2.05) is 35.2 Å². The van der Waals surface area contributed by atoms with Gasteiger partial charge in [-0.05, 0) is 48.6 Å². The molecule has 5 nitrogen and oxygen atoms in total. The number of amides is 1. The van der Waals surface area contributed by atoms with Gasteiger partial charge in [0.1, 0.15) is 5.82 Å². The topological polar surface area (TPSA) is 69.2 Å². The minimum absolute atomic E-state index is 0.0203. The normalized spacial score (nSPS) is 17.2. The van der Waals surface area contributed by atoms with Gasteiger partial charge < -0.3 is 15.0 Å². The summed E-state index contributed by atoms with van der Waals surface area (Å²) >= 11 is 0. The van der Waals surface area contributed by atoms with Gasteiger partial charge in [0, 0.05) is 6.54 Å². The number of benzene rings is 2. The molecule has 0 aliphatic carbocycles. The quantitative estimate of drug-likeness (QED) is 0.759. The first-order valence-corrected chi connectivity index (χ1v) is 9.08. The first kappa shape index (κ1) is 16.8. The molecule has 134 valence electrons. The molecule has 1 fully saturated rings. The molecule has 3 aromatic rings. The predicted molar refractivity (Wildman–Crippen MR) is 101 cm³/mol. The number of aryl methyl sites for hydroxylation is 1. The highest BCUT2D eigenvalue weighted by atomic mass is 16.3. The zero-order valence-corrected chi connectivity index (χ0v) is 14.9. The van der Waals surface area contributed by atoms with Crippen LogP contribution in [0.15, 0.2) is 42.5 Å². The van der Waals surface area contributed by atoms with Crippen molar-refractivity contribution in [1.82, 2.24) is 14.9 Å². The summed E-state index contributed by atoms with van der Waals surface area (Å²) in [5.41, 5.74) is 5.00. The van der Waals surface area contributed by atoms with Crippen LogP contribution in [0.3, 0.4) is 0 Å². The summed E-state index contributed by atoms with van der Waals surface area (Å²) in [6.07, 6.45) is 2.31. The van der Waals surface area contributed by atoms with Gasteiger partial charge in [-0.1, -0.05) is 30.3 Å². The highest BCUT2D eigenvalue weighted by Gasteiger charge is 2.31. The third-order valence-corrected chi connectivity index (χ3v) is 5.11. The molecular weight excluding hydrogens is 326 g/mol. The minimum atomic E-state index is 0.0203. The number of H-pyrrole nitrogens is 1. The lowest BCUT2D eigenvalue weighted by Gasteiger charge is -2.23. The van der Waals surface area contributed by atoms with Gasteiger partial charge in [-0.25, -0.2) is 4.98 Å². The van der Waals surface area contributed by atoms with Crippen molar-refractivity contribution in [3.8, 4) is 0 Å². The number of fused-ring (bicyclic) bond motifs is 1. The summed E-state index contributed by atoms with van der Waals surface area (Å²) in [6.45, 7) is 2.86. The zero-order chi connectivity index (χ0) is 18.1. The van der Waals surface area contributed by atoms with Gasteiger partial charge >= 0.3 is 0 Å². The van der Waals surface area contributed by atoms with E-state index in [9.17, 15) is 4.79 Å². The number of nitrogens with zero attached hydrogens (tertiary/aromatic N) is 2. The standard InChI is InChI=1S/C21H23N3O2/c1-14-4-9-17-18(11-14)23-21(22-17)19-3-2-10-24(19)20(26)12-15-5-7-16(13-25)8-6-15/h4-9,11,19,25H,2-3,10,12-13H2,1H3,(H,22,23)/t19-/m1/s1. The van der Waals surface area contributed by atoms with E-state index < -0.39 is 0 Å². The smallest absolute Gasteiger partial charge is 0.227 e. The molecule has 1 aliphatic rings. The molecule has 0 spiro atoms. The Kier molecular flexibility index (Phi) is 4.47. The SMILES string of the molecule is Cc1ccc2nc([C@H]3CCCN3C(=O)Cc3ccc(CO)cc3)[nH]c2c1. The number of carbonyl (C=O) groups excluding carboxylic acids is 1. The summed E-state index contributed by atoms with van der Waals surface area (Å²) in [4.78, 5) is 22.9. The Balaban J connectivity index is 1.53. The molecule has 26 heavy (non-hydrogen) atoms. The van der Waals surface area contributed by atoms with Gasteiger partial charge in [0.15, 0.2) is 0 Å². The average Bonchev–Trinajstić information content (AvgIpc) is 3.28. The van der Waals surface area contributed by atoms with Crippen LogP contribution in [-0.2, 0) is 17.8 Å². The average molecular weight is 349 g/mol. The van der Waals surface area contributed by atoms with Crippen molar-refractivity contribution in [3.63, 3.8) is 0 Å². The second-order valence-electron chi connectivity index (χ2n) is 7.04. The molecule has 2 aromatic carbocycles. The van der Waals surface area contributed by atoms with Crippen LogP contribution in [0.1, 0.15) is 41.4 Å². The van der Waals surface area contributed by atoms with Crippen LogP contribution in [0.2, 0.25) is 0 Å². The summed E-state index contributed by atoms with van der Waals surface area (Å²) in [7, 11) is 0. The monoisotopic (exact) mass is 349 g/mol. The van der Waals surface area contributed by atoms with Gasteiger partial charge in [-0.3, -0.25) is 4.79 Å². The van der Waals surface area contributed by atoms with E-state index in [2.05, 4.69) is 24.0 Å². The summed E-state index contributed by atoms with van der Waals surface area (Å²) < 4.78 is 0. The predicted octanol–water partition coefficient (Wildman–Crippen LogP) is 3.27. The lowest BCUT2D eigenvalue weighted by molar-refractivity contribution is -0.131. The van der Waals surface area contributed by atoms with E-state index in [4.69, 9.17) is 10.1 Å². The molecular formula is C21H23N3O2. The Bertz CT molecular complexity index is 930. The second-order valence-corrected chi connectivity index (χ2v) is 7.04. The lowest BCUT2D eigenvalue weighted by atomic mass is 10.1. The summed E-state index contributed by atoms with van der Waals surface area (Å²) in [6, 6.07) is 13.8. The van der Waals surface area contributed by atoms with Crippen LogP contribution in [-0.4, -0.2) is 32.4 Å². The maximum atomic E-state index is 12.9. The molecule has 0 bridgehead atoms. The van der Waals surface area contributed by atoms with Crippen molar-refractivity contribution >= 4 is 16.9 Å². The number of carbonyl (C=O) groups is 1. The maximum absolute atomic E-state index is 12.9. The van der Waals surface area contributed by atoms with Gasteiger partial charge in [-0.2, -0.15) is 0 Å². The Morgan fingerprint density at radius 2 is 2.00 bits per heavy atom. The molecule has 2 heterocycles. The number of aliphatic hydroxyl groups is 1. The van der Waals surface area contributed by atoms with E-state index in [1.165, 1.54) is 5.56 Å². The number of aromatic nitrogens is 2. The van der Waals surface area contributed by atoms with Crippen molar-refractivity contribution in [2.24, 2.45) is 0 Å². The third kappa shape index (κ3) is 3.22. The first-order chi connectivity index (χ1) is 12.6. The molecule has 4 rings (SSSR count). The number of hydrogen-bond donors (Lipinski definition) is 2. The fraction of sp³-hybridized carbons (Fsp3) is 0.333. The number of rotatable bonds is 4. The zero-order valence-electron chi connectivity index (χ0n) is 14.9. The van der Waals surface area contributed by atoms with Crippen molar-refractivity contribution in [2.45, 2.75) is 38.8 Å². The highest BCUT2D eigenvalue weighted by Crippen LogP contribution is 2.32. The van der Waals surface area contributed by atoms with Crippen LogP contribution in [0.5, 0.6) is 0 Å². The van der Waals surface area contributed by atoms with E-state index >= 15 is 0 Å².